The maximum absolute atomic E-state index is 11.6. The predicted octanol–water partition coefficient (Wildman–Crippen LogP) is 1.71. The standard InChI is InChI=1S/C7H12F3NO/c1-6(2,3)4-11-5(12)7(8,9)10/h4H2,1-3H3,(H,11,12). The first-order valence-electron chi connectivity index (χ1n) is 3.48. The Balaban J connectivity index is 3.90. The molecule has 0 aliphatic rings. The molecule has 0 aliphatic carbocycles. The van der Waals surface area contributed by atoms with Gasteiger partial charge in [-0.1, -0.05) is 20.8 Å². The van der Waals surface area contributed by atoms with Crippen LogP contribution in [0.4, 0.5) is 13.2 Å². The number of halogens is 3. The Bertz CT molecular complexity index is 168. The summed E-state index contributed by atoms with van der Waals surface area (Å²) < 4.78 is 34.8. The van der Waals surface area contributed by atoms with Crippen LogP contribution in [0.5, 0.6) is 0 Å². The maximum Gasteiger partial charge on any atom is 0.471 e. The molecule has 12 heavy (non-hydrogen) atoms. The third-order valence-corrected chi connectivity index (χ3v) is 1.04. The Morgan fingerprint density at radius 3 is 1.92 bits per heavy atom. The van der Waals surface area contributed by atoms with Gasteiger partial charge in [0.15, 0.2) is 0 Å². The number of hydrogen-bond acceptors (Lipinski definition) is 1. The van der Waals surface area contributed by atoms with Crippen LogP contribution in [-0.2, 0) is 4.79 Å². The highest BCUT2D eigenvalue weighted by atomic mass is 19.4. The van der Waals surface area contributed by atoms with Crippen molar-refractivity contribution in [2.24, 2.45) is 5.41 Å². The third kappa shape index (κ3) is 4.98. The van der Waals surface area contributed by atoms with Crippen LogP contribution in [0.3, 0.4) is 0 Å². The molecule has 0 unspecified atom stereocenters. The van der Waals surface area contributed by atoms with Crippen LogP contribution < -0.4 is 5.32 Å². The van der Waals surface area contributed by atoms with Gasteiger partial charge in [0.05, 0.1) is 0 Å². The zero-order chi connectivity index (χ0) is 9.99. The molecule has 0 fully saturated rings. The molecule has 0 aromatic heterocycles. The number of carbonyl (C=O) groups excluding carboxylic acids is 1. The molecule has 0 spiro atoms. The molecule has 2 nitrogen and oxygen atoms in total. The lowest BCUT2D eigenvalue weighted by atomic mass is 9.97. The van der Waals surface area contributed by atoms with Crippen LogP contribution in [-0.4, -0.2) is 18.6 Å². The average Bonchev–Trinajstić information content (AvgIpc) is 1.78. The molecular formula is C7H12F3NO. The van der Waals surface area contributed by atoms with E-state index in [0.717, 1.165) is 0 Å². The minimum atomic E-state index is -4.77. The van der Waals surface area contributed by atoms with Gasteiger partial charge in [-0.15, -0.1) is 0 Å². The smallest absolute Gasteiger partial charge is 0.348 e. The van der Waals surface area contributed by atoms with Crippen LogP contribution in [0.15, 0.2) is 0 Å². The van der Waals surface area contributed by atoms with E-state index in [-0.39, 0.29) is 12.0 Å². The summed E-state index contributed by atoms with van der Waals surface area (Å²) in [5, 5.41) is 1.80. The fraction of sp³-hybridized carbons (Fsp3) is 0.857. The number of rotatable bonds is 1. The zero-order valence-electron chi connectivity index (χ0n) is 7.25. The molecule has 0 atom stereocenters. The van der Waals surface area contributed by atoms with Crippen molar-refractivity contribution in [3.05, 3.63) is 0 Å². The van der Waals surface area contributed by atoms with Gasteiger partial charge in [0.25, 0.3) is 0 Å². The number of carbonyl (C=O) groups is 1. The van der Waals surface area contributed by atoms with E-state index < -0.39 is 12.1 Å². The molecule has 0 aromatic carbocycles. The lowest BCUT2D eigenvalue weighted by molar-refractivity contribution is -0.173. The van der Waals surface area contributed by atoms with Gasteiger partial charge < -0.3 is 5.32 Å². The summed E-state index contributed by atoms with van der Waals surface area (Å²) in [6.45, 7) is 5.24. The number of hydrogen-bond donors (Lipinski definition) is 1. The topological polar surface area (TPSA) is 29.1 Å². The van der Waals surface area contributed by atoms with Crippen molar-refractivity contribution in [1.29, 1.82) is 0 Å². The SMILES string of the molecule is CC(C)(C)CNC(=O)C(F)(F)F. The van der Waals surface area contributed by atoms with Crippen LogP contribution >= 0.6 is 0 Å². The Morgan fingerprint density at radius 2 is 1.67 bits per heavy atom. The van der Waals surface area contributed by atoms with Gasteiger partial charge in [-0.2, -0.15) is 13.2 Å². The van der Waals surface area contributed by atoms with Crippen molar-refractivity contribution in [2.75, 3.05) is 6.54 Å². The fourth-order valence-electron chi connectivity index (χ4n) is 0.446. The van der Waals surface area contributed by atoms with E-state index >= 15 is 0 Å². The Morgan fingerprint density at radius 1 is 1.25 bits per heavy atom. The van der Waals surface area contributed by atoms with E-state index in [1.54, 1.807) is 26.1 Å². The van der Waals surface area contributed by atoms with Gasteiger partial charge in [0, 0.05) is 6.54 Å². The normalized spacial score (nSPS) is 12.8. The molecule has 0 saturated carbocycles. The highest BCUT2D eigenvalue weighted by molar-refractivity contribution is 5.81. The van der Waals surface area contributed by atoms with Gasteiger partial charge in [0.1, 0.15) is 0 Å². The maximum atomic E-state index is 11.6. The average molecular weight is 183 g/mol. The summed E-state index contributed by atoms with van der Waals surface area (Å²) in [5.41, 5.74) is -0.332. The van der Waals surface area contributed by atoms with Crippen molar-refractivity contribution < 1.29 is 18.0 Å². The summed E-state index contributed by atoms with van der Waals surface area (Å²) in [7, 11) is 0. The van der Waals surface area contributed by atoms with Crippen molar-refractivity contribution in [1.82, 2.24) is 5.32 Å². The molecule has 0 heterocycles. The van der Waals surface area contributed by atoms with E-state index in [1.165, 1.54) is 0 Å². The molecule has 0 saturated heterocycles. The van der Waals surface area contributed by atoms with Gasteiger partial charge in [-0.05, 0) is 5.41 Å². The monoisotopic (exact) mass is 183 g/mol. The minimum absolute atomic E-state index is 0.0192. The first-order chi connectivity index (χ1) is 5.13. The second kappa shape index (κ2) is 3.33. The number of alkyl halides is 3. The highest BCUT2D eigenvalue weighted by Crippen LogP contribution is 2.16. The molecule has 1 amide bonds. The molecule has 1 N–H and O–H groups in total. The van der Waals surface area contributed by atoms with E-state index in [1.807, 2.05) is 0 Å². The molecule has 5 heteroatoms. The molecule has 0 aromatic rings. The molecule has 0 bridgehead atoms. The Labute approximate surface area is 69.1 Å². The van der Waals surface area contributed by atoms with Crippen molar-refractivity contribution in [3.8, 4) is 0 Å². The van der Waals surface area contributed by atoms with E-state index in [2.05, 4.69) is 0 Å². The minimum Gasteiger partial charge on any atom is -0.348 e. The molecule has 0 radical (unpaired) electrons. The summed E-state index contributed by atoms with van der Waals surface area (Å²) in [6.07, 6.45) is -4.77. The third-order valence-electron chi connectivity index (χ3n) is 1.04. The summed E-state index contributed by atoms with van der Waals surface area (Å²) in [4.78, 5) is 10.3. The first kappa shape index (κ1) is 11.3. The lowest BCUT2D eigenvalue weighted by Crippen LogP contribution is -2.40. The van der Waals surface area contributed by atoms with Crippen LogP contribution in [0.25, 0.3) is 0 Å². The second-order valence-corrected chi connectivity index (χ2v) is 3.74. The van der Waals surface area contributed by atoms with Crippen molar-refractivity contribution in [2.45, 2.75) is 26.9 Å². The summed E-state index contributed by atoms with van der Waals surface area (Å²) in [5.74, 6) is -1.88. The van der Waals surface area contributed by atoms with Crippen LogP contribution in [0, 0.1) is 5.41 Å². The second-order valence-electron chi connectivity index (χ2n) is 3.74. The molecule has 72 valence electrons. The van der Waals surface area contributed by atoms with E-state index in [9.17, 15) is 18.0 Å². The van der Waals surface area contributed by atoms with Crippen LogP contribution in [0.2, 0.25) is 0 Å². The predicted molar refractivity (Wildman–Crippen MR) is 38.5 cm³/mol. The highest BCUT2D eigenvalue weighted by Gasteiger charge is 2.38. The van der Waals surface area contributed by atoms with Crippen LogP contribution in [0.1, 0.15) is 20.8 Å². The van der Waals surface area contributed by atoms with Gasteiger partial charge in [-0.25, -0.2) is 0 Å². The van der Waals surface area contributed by atoms with Crippen molar-refractivity contribution >= 4 is 5.91 Å². The quantitative estimate of drug-likeness (QED) is 0.658. The molecule has 0 aliphatic heterocycles. The Kier molecular flexibility index (Phi) is 3.12. The Hall–Kier alpha value is -0.740. The van der Waals surface area contributed by atoms with E-state index in [0.29, 0.717) is 0 Å². The summed E-state index contributed by atoms with van der Waals surface area (Å²) in [6, 6.07) is 0. The molecular weight excluding hydrogens is 171 g/mol. The fourth-order valence-corrected chi connectivity index (χ4v) is 0.446. The van der Waals surface area contributed by atoms with Gasteiger partial charge in [-0.3, -0.25) is 4.79 Å². The number of nitrogens with one attached hydrogen (secondary N) is 1. The lowest BCUT2D eigenvalue weighted by Gasteiger charge is -2.19. The van der Waals surface area contributed by atoms with E-state index in [4.69, 9.17) is 0 Å². The van der Waals surface area contributed by atoms with Gasteiger partial charge in [0.2, 0.25) is 0 Å². The molecule has 0 rings (SSSR count). The van der Waals surface area contributed by atoms with Crippen molar-refractivity contribution in [3.63, 3.8) is 0 Å². The summed E-state index contributed by atoms with van der Waals surface area (Å²) >= 11 is 0. The number of amides is 1. The zero-order valence-corrected chi connectivity index (χ0v) is 7.25. The largest absolute Gasteiger partial charge is 0.471 e. The first-order valence-corrected chi connectivity index (χ1v) is 3.48. The van der Waals surface area contributed by atoms with Gasteiger partial charge >= 0.3 is 12.1 Å².